The molecule has 1 unspecified atom stereocenters. The highest BCUT2D eigenvalue weighted by Gasteiger charge is 2.21. The van der Waals surface area contributed by atoms with Gasteiger partial charge in [-0.1, -0.05) is 43.0 Å². The predicted molar refractivity (Wildman–Crippen MR) is 168 cm³/mol. The van der Waals surface area contributed by atoms with Gasteiger partial charge in [-0.3, -0.25) is 4.98 Å². The number of nitrogens with one attached hydrogen (secondary N) is 1. The monoisotopic (exact) mass is 568 g/mol. The second kappa shape index (κ2) is 14.9. The van der Waals surface area contributed by atoms with Crippen LogP contribution in [0, 0.1) is 6.92 Å². The Balaban J connectivity index is 1.53. The largest absolute Gasteiger partial charge is 0.495 e. The molecule has 0 bridgehead atoms. The molecule has 3 aromatic rings. The zero-order valence-corrected chi connectivity index (χ0v) is 25.1. The molecule has 0 spiro atoms. The molecule has 1 aliphatic rings. The molecule has 2 heterocycles. The van der Waals surface area contributed by atoms with E-state index in [4.69, 9.17) is 23.7 Å². The van der Waals surface area contributed by atoms with Crippen molar-refractivity contribution in [2.75, 3.05) is 34.5 Å². The quantitative estimate of drug-likeness (QED) is 0.224. The van der Waals surface area contributed by atoms with Crippen LogP contribution in [-0.2, 0) is 13.0 Å². The second-order valence-corrected chi connectivity index (χ2v) is 10.0. The van der Waals surface area contributed by atoms with Crippen LogP contribution in [0.2, 0.25) is 0 Å². The molecular weight excluding hydrogens is 528 g/mol. The Bertz CT molecular complexity index is 1470. The molecule has 4 rings (SSSR count). The summed E-state index contributed by atoms with van der Waals surface area (Å²) in [6.45, 7) is 9.49. The summed E-state index contributed by atoms with van der Waals surface area (Å²) >= 11 is 0. The first-order valence-corrected chi connectivity index (χ1v) is 13.9. The minimum atomic E-state index is 0.0242. The first-order chi connectivity index (χ1) is 20.4. The van der Waals surface area contributed by atoms with Crippen molar-refractivity contribution in [3.05, 3.63) is 113 Å². The molecule has 0 saturated heterocycles. The summed E-state index contributed by atoms with van der Waals surface area (Å²) in [6.07, 6.45) is 16.3. The van der Waals surface area contributed by atoms with E-state index in [1.54, 1.807) is 39.8 Å². The molecule has 1 atom stereocenters. The maximum Gasteiger partial charge on any atom is 0.162 e. The fourth-order valence-corrected chi connectivity index (χ4v) is 4.72. The molecule has 7 heteroatoms. The summed E-state index contributed by atoms with van der Waals surface area (Å²) in [5, 5.41) is 3.63. The van der Waals surface area contributed by atoms with E-state index in [0.717, 1.165) is 41.0 Å². The zero-order chi connectivity index (χ0) is 29.9. The van der Waals surface area contributed by atoms with E-state index in [-0.39, 0.29) is 6.04 Å². The average Bonchev–Trinajstić information content (AvgIpc) is 3.02. The molecule has 7 nitrogen and oxygen atoms in total. The van der Waals surface area contributed by atoms with Gasteiger partial charge in [0.2, 0.25) is 0 Å². The van der Waals surface area contributed by atoms with Crippen LogP contribution in [0.15, 0.2) is 85.3 Å². The van der Waals surface area contributed by atoms with Crippen LogP contribution in [0.3, 0.4) is 0 Å². The maximum atomic E-state index is 6.16. The smallest absolute Gasteiger partial charge is 0.162 e. The predicted octanol–water partition coefficient (Wildman–Crippen LogP) is 6.96. The highest BCUT2D eigenvalue weighted by Crippen LogP contribution is 2.37. The average molecular weight is 569 g/mol. The van der Waals surface area contributed by atoms with Crippen molar-refractivity contribution in [3.8, 4) is 28.7 Å². The minimum Gasteiger partial charge on any atom is -0.495 e. The van der Waals surface area contributed by atoms with Crippen LogP contribution >= 0.6 is 0 Å². The highest BCUT2D eigenvalue weighted by atomic mass is 16.5. The van der Waals surface area contributed by atoms with E-state index in [0.29, 0.717) is 36.2 Å². The van der Waals surface area contributed by atoms with E-state index in [1.165, 1.54) is 11.1 Å². The summed E-state index contributed by atoms with van der Waals surface area (Å²) < 4.78 is 28.9. The molecule has 2 aromatic carbocycles. The highest BCUT2D eigenvalue weighted by molar-refractivity contribution is 5.61. The Hall–Kier alpha value is -4.49. The molecule has 1 N–H and O–H groups in total. The van der Waals surface area contributed by atoms with E-state index in [2.05, 4.69) is 48.1 Å². The van der Waals surface area contributed by atoms with Crippen LogP contribution in [0.1, 0.15) is 40.8 Å². The molecular formula is C35H40N2O5. The van der Waals surface area contributed by atoms with Gasteiger partial charge in [0.05, 0.1) is 33.6 Å². The summed E-state index contributed by atoms with van der Waals surface area (Å²) in [6, 6.07) is 10.1. The van der Waals surface area contributed by atoms with Gasteiger partial charge in [-0.15, -0.1) is 0 Å². The molecule has 42 heavy (non-hydrogen) atoms. The van der Waals surface area contributed by atoms with Crippen molar-refractivity contribution >= 4 is 6.08 Å². The van der Waals surface area contributed by atoms with Crippen molar-refractivity contribution in [1.29, 1.82) is 0 Å². The van der Waals surface area contributed by atoms with Crippen molar-refractivity contribution in [3.63, 3.8) is 0 Å². The number of hydrogen-bond donors (Lipinski definition) is 1. The molecule has 220 valence electrons. The fourth-order valence-electron chi connectivity index (χ4n) is 4.72. The van der Waals surface area contributed by atoms with Crippen LogP contribution in [0.5, 0.6) is 28.7 Å². The number of methoxy groups -OCH3 is 3. The van der Waals surface area contributed by atoms with Crippen LogP contribution < -0.4 is 29.0 Å². The number of hydrogen-bond acceptors (Lipinski definition) is 7. The number of benzene rings is 2. The number of fused-ring (bicyclic) bond motifs is 1. The number of aromatic nitrogens is 1. The van der Waals surface area contributed by atoms with E-state index in [1.807, 2.05) is 43.4 Å². The van der Waals surface area contributed by atoms with Gasteiger partial charge in [-0.05, 0) is 78.4 Å². The number of pyridine rings is 1. The third kappa shape index (κ3) is 7.83. The van der Waals surface area contributed by atoms with Gasteiger partial charge in [0.25, 0.3) is 0 Å². The lowest BCUT2D eigenvalue weighted by Crippen LogP contribution is -2.28. The Morgan fingerprint density at radius 2 is 1.74 bits per heavy atom. The van der Waals surface area contributed by atoms with Gasteiger partial charge in [-0.2, -0.15) is 0 Å². The molecule has 1 aliphatic heterocycles. The number of aryl methyl sites for hydroxylation is 1. The fraction of sp³-hybridized carbons (Fsp3) is 0.286. The minimum absolute atomic E-state index is 0.0242. The van der Waals surface area contributed by atoms with E-state index >= 15 is 0 Å². The normalized spacial score (nSPS) is 15.0. The molecule has 0 saturated carbocycles. The molecule has 0 aliphatic carbocycles. The third-order valence-corrected chi connectivity index (χ3v) is 7.02. The molecule has 0 fully saturated rings. The van der Waals surface area contributed by atoms with Crippen LogP contribution in [-0.4, -0.2) is 39.5 Å². The van der Waals surface area contributed by atoms with Crippen molar-refractivity contribution in [2.45, 2.75) is 32.9 Å². The lowest BCUT2D eigenvalue weighted by Gasteiger charge is -2.26. The first-order valence-electron chi connectivity index (χ1n) is 13.9. The number of ether oxygens (including phenoxy) is 5. The van der Waals surface area contributed by atoms with Gasteiger partial charge in [0.15, 0.2) is 23.0 Å². The number of rotatable bonds is 13. The summed E-state index contributed by atoms with van der Waals surface area (Å²) in [5.41, 5.74) is 6.56. The maximum absolute atomic E-state index is 6.16. The molecule has 1 aromatic heterocycles. The van der Waals surface area contributed by atoms with Crippen molar-refractivity contribution in [2.24, 2.45) is 0 Å². The Morgan fingerprint density at radius 1 is 0.952 bits per heavy atom. The van der Waals surface area contributed by atoms with Crippen molar-refractivity contribution < 1.29 is 23.7 Å². The number of allylic oxidation sites excluding steroid dienone is 4. The Kier molecular flexibility index (Phi) is 10.8. The summed E-state index contributed by atoms with van der Waals surface area (Å²) in [4.78, 5) is 4.21. The van der Waals surface area contributed by atoms with Crippen molar-refractivity contribution in [1.82, 2.24) is 10.3 Å². The third-order valence-electron chi connectivity index (χ3n) is 7.02. The first kappa shape index (κ1) is 30.5. The Morgan fingerprint density at radius 3 is 2.50 bits per heavy atom. The second-order valence-electron chi connectivity index (χ2n) is 10.0. The van der Waals surface area contributed by atoms with Gasteiger partial charge in [0, 0.05) is 18.3 Å². The van der Waals surface area contributed by atoms with Gasteiger partial charge in [-0.25, -0.2) is 0 Å². The molecule has 0 amide bonds. The van der Waals surface area contributed by atoms with Gasteiger partial charge >= 0.3 is 0 Å². The number of nitrogens with zero attached hydrogens (tertiary/aromatic N) is 1. The van der Waals surface area contributed by atoms with E-state index in [9.17, 15) is 0 Å². The van der Waals surface area contributed by atoms with Crippen LogP contribution in [0.25, 0.3) is 6.08 Å². The lowest BCUT2D eigenvalue weighted by molar-refractivity contribution is 0.283. The van der Waals surface area contributed by atoms with E-state index < -0.39 is 0 Å². The zero-order valence-electron chi connectivity index (χ0n) is 25.1. The Labute approximate surface area is 249 Å². The lowest BCUT2D eigenvalue weighted by atomic mass is 9.92. The summed E-state index contributed by atoms with van der Waals surface area (Å²) in [5.74, 6) is 3.50. The topological polar surface area (TPSA) is 71.1 Å². The SMILES string of the molecule is C=C/C=C\C=C(/C)COc1cc2c(cc1OC)C(/C=C/c1cc(OCc3cncc(OC)c3)c(OC)cc1C)NCC2. The van der Waals surface area contributed by atoms with Gasteiger partial charge < -0.3 is 29.0 Å². The van der Waals surface area contributed by atoms with Crippen LogP contribution in [0.4, 0.5) is 0 Å². The molecule has 0 radical (unpaired) electrons. The summed E-state index contributed by atoms with van der Waals surface area (Å²) in [7, 11) is 4.95. The standard InChI is InChI=1S/C35H40N2O5/c1-7-8-9-10-24(2)22-41-35-18-28-13-14-37-31(30(28)19-33(35)40-6)12-11-27-17-34(32(39-5)15-25(27)3)42-23-26-16-29(38-4)21-36-20-26/h7-12,15-21,31,37H,1,13-14,22-23H2,2-6H3/b9-8-,12-11+,24-10+. The van der Waals surface area contributed by atoms with Gasteiger partial charge in [0.1, 0.15) is 19.0 Å².